The Balaban J connectivity index is 2.51. The Morgan fingerprint density at radius 3 is 2.61 bits per heavy atom. The van der Waals surface area contributed by atoms with Gasteiger partial charge in [-0.1, -0.05) is 12.1 Å². The van der Waals surface area contributed by atoms with E-state index in [1.807, 2.05) is 6.26 Å². The summed E-state index contributed by atoms with van der Waals surface area (Å²) in [6.45, 7) is 0.506. The predicted octanol–water partition coefficient (Wildman–Crippen LogP) is 1.43. The van der Waals surface area contributed by atoms with Gasteiger partial charge in [0.1, 0.15) is 5.75 Å². The quantitative estimate of drug-likeness (QED) is 0.819. The van der Waals surface area contributed by atoms with E-state index in [0.717, 1.165) is 11.3 Å². The fraction of sp³-hybridized carbons (Fsp3) is 0.462. The van der Waals surface area contributed by atoms with Gasteiger partial charge in [-0.3, -0.25) is 4.79 Å². The molecule has 0 unspecified atom stereocenters. The minimum atomic E-state index is -0.431. The summed E-state index contributed by atoms with van der Waals surface area (Å²) < 4.78 is 0. The number of hydrogen-bond donors (Lipinski definition) is 2. The second kappa shape index (κ2) is 7.28. The van der Waals surface area contributed by atoms with Gasteiger partial charge in [-0.05, 0) is 36.1 Å². The van der Waals surface area contributed by atoms with Crippen molar-refractivity contribution in [2.45, 2.75) is 19.0 Å². The van der Waals surface area contributed by atoms with Crippen molar-refractivity contribution >= 4 is 17.7 Å². The topological polar surface area (TPSA) is 66.6 Å². The number of rotatable bonds is 6. The van der Waals surface area contributed by atoms with Crippen LogP contribution in [0.3, 0.4) is 0 Å². The van der Waals surface area contributed by atoms with E-state index in [2.05, 4.69) is 0 Å². The smallest absolute Gasteiger partial charge is 0.239 e. The SMILES string of the molecule is CSCC[C@@H](N)C(=O)N(C)Cc1ccc(O)cc1. The van der Waals surface area contributed by atoms with Crippen molar-refractivity contribution in [2.24, 2.45) is 5.73 Å². The molecule has 0 aliphatic carbocycles. The molecule has 0 spiro atoms. The van der Waals surface area contributed by atoms with Crippen molar-refractivity contribution in [3.63, 3.8) is 0 Å². The third-order valence-corrected chi connectivity index (χ3v) is 3.33. The standard InChI is InChI=1S/C13H20N2O2S/c1-15(13(17)12(14)7-8-18-2)9-10-3-5-11(16)6-4-10/h3-6,12,16H,7-9,14H2,1-2H3/t12-/m1/s1. The summed E-state index contributed by atoms with van der Waals surface area (Å²) in [6, 6.07) is 6.39. The van der Waals surface area contributed by atoms with Gasteiger partial charge in [0.25, 0.3) is 0 Å². The molecule has 5 heteroatoms. The lowest BCUT2D eigenvalue weighted by molar-refractivity contribution is -0.131. The molecule has 1 aromatic carbocycles. The monoisotopic (exact) mass is 268 g/mol. The third kappa shape index (κ3) is 4.58. The van der Waals surface area contributed by atoms with Gasteiger partial charge in [-0.2, -0.15) is 11.8 Å². The highest BCUT2D eigenvalue weighted by Crippen LogP contribution is 2.12. The molecule has 0 aliphatic heterocycles. The van der Waals surface area contributed by atoms with Crippen molar-refractivity contribution in [1.29, 1.82) is 0 Å². The van der Waals surface area contributed by atoms with Crippen molar-refractivity contribution in [3.05, 3.63) is 29.8 Å². The number of carbonyl (C=O) groups is 1. The molecule has 0 aromatic heterocycles. The van der Waals surface area contributed by atoms with Crippen LogP contribution in [-0.4, -0.2) is 41.0 Å². The van der Waals surface area contributed by atoms with Crippen LogP contribution in [0.1, 0.15) is 12.0 Å². The second-order valence-electron chi connectivity index (χ2n) is 4.25. The summed E-state index contributed by atoms with van der Waals surface area (Å²) in [4.78, 5) is 13.6. The molecule has 1 rings (SSSR count). The zero-order valence-corrected chi connectivity index (χ0v) is 11.6. The lowest BCUT2D eigenvalue weighted by Gasteiger charge is -2.21. The van der Waals surface area contributed by atoms with Crippen LogP contribution in [0, 0.1) is 0 Å². The molecule has 0 saturated heterocycles. The van der Waals surface area contributed by atoms with Crippen molar-refractivity contribution in [1.82, 2.24) is 4.90 Å². The summed E-state index contributed by atoms with van der Waals surface area (Å²) >= 11 is 1.69. The fourth-order valence-electron chi connectivity index (χ4n) is 1.60. The van der Waals surface area contributed by atoms with Crippen molar-refractivity contribution < 1.29 is 9.90 Å². The van der Waals surface area contributed by atoms with Crippen LogP contribution in [-0.2, 0) is 11.3 Å². The van der Waals surface area contributed by atoms with E-state index >= 15 is 0 Å². The van der Waals surface area contributed by atoms with E-state index in [9.17, 15) is 9.90 Å². The molecule has 0 bridgehead atoms. The number of phenolic OH excluding ortho intramolecular Hbond substituents is 1. The molecule has 1 atom stereocenters. The largest absolute Gasteiger partial charge is 0.508 e. The molecule has 0 saturated carbocycles. The van der Waals surface area contributed by atoms with E-state index in [1.165, 1.54) is 0 Å². The summed E-state index contributed by atoms with van der Waals surface area (Å²) in [6.07, 6.45) is 2.69. The summed E-state index contributed by atoms with van der Waals surface area (Å²) in [7, 11) is 1.74. The first kappa shape index (κ1) is 14.9. The number of benzene rings is 1. The molecule has 1 amide bonds. The van der Waals surface area contributed by atoms with Crippen LogP contribution in [0.15, 0.2) is 24.3 Å². The summed E-state index contributed by atoms with van der Waals surface area (Å²) in [5, 5.41) is 9.18. The van der Waals surface area contributed by atoms with Gasteiger partial charge < -0.3 is 15.7 Å². The van der Waals surface area contributed by atoms with E-state index < -0.39 is 6.04 Å². The number of phenols is 1. The van der Waals surface area contributed by atoms with E-state index in [1.54, 1.807) is 48.0 Å². The van der Waals surface area contributed by atoms with Crippen LogP contribution >= 0.6 is 11.8 Å². The number of nitrogens with two attached hydrogens (primary N) is 1. The van der Waals surface area contributed by atoms with Crippen LogP contribution < -0.4 is 5.73 Å². The number of carbonyl (C=O) groups excluding carboxylic acids is 1. The van der Waals surface area contributed by atoms with Gasteiger partial charge in [0.15, 0.2) is 0 Å². The number of aromatic hydroxyl groups is 1. The average Bonchev–Trinajstić information content (AvgIpc) is 2.37. The molecule has 0 aliphatic rings. The van der Waals surface area contributed by atoms with Gasteiger partial charge in [0.2, 0.25) is 5.91 Å². The number of nitrogens with zero attached hydrogens (tertiary/aromatic N) is 1. The van der Waals surface area contributed by atoms with Crippen LogP contribution in [0.2, 0.25) is 0 Å². The lowest BCUT2D eigenvalue weighted by atomic mass is 10.1. The van der Waals surface area contributed by atoms with E-state index in [4.69, 9.17) is 5.73 Å². The summed E-state index contributed by atoms with van der Waals surface area (Å²) in [5.41, 5.74) is 6.81. The Hall–Kier alpha value is -1.20. The highest BCUT2D eigenvalue weighted by atomic mass is 32.2. The van der Waals surface area contributed by atoms with E-state index in [0.29, 0.717) is 13.0 Å². The Labute approximate surface area is 112 Å². The van der Waals surface area contributed by atoms with Gasteiger partial charge in [0, 0.05) is 13.6 Å². The maximum absolute atomic E-state index is 12.0. The zero-order chi connectivity index (χ0) is 13.5. The van der Waals surface area contributed by atoms with Gasteiger partial charge in [0.05, 0.1) is 6.04 Å². The predicted molar refractivity (Wildman–Crippen MR) is 75.6 cm³/mol. The first-order valence-corrected chi connectivity index (χ1v) is 7.21. The van der Waals surface area contributed by atoms with Gasteiger partial charge in [-0.15, -0.1) is 0 Å². The number of hydrogen-bond acceptors (Lipinski definition) is 4. The molecule has 100 valence electrons. The Kier molecular flexibility index (Phi) is 6.01. The average molecular weight is 268 g/mol. The number of amides is 1. The second-order valence-corrected chi connectivity index (χ2v) is 5.23. The van der Waals surface area contributed by atoms with Gasteiger partial charge >= 0.3 is 0 Å². The van der Waals surface area contributed by atoms with Crippen molar-refractivity contribution in [3.8, 4) is 5.75 Å². The van der Waals surface area contributed by atoms with E-state index in [-0.39, 0.29) is 11.7 Å². The molecule has 4 nitrogen and oxygen atoms in total. The molecule has 0 fully saturated rings. The maximum atomic E-state index is 12.0. The molecule has 0 heterocycles. The Bertz CT molecular complexity index is 381. The summed E-state index contributed by atoms with van der Waals surface area (Å²) in [5.74, 6) is 1.07. The molecular formula is C13H20N2O2S. The molecular weight excluding hydrogens is 248 g/mol. The third-order valence-electron chi connectivity index (χ3n) is 2.68. The number of likely N-dealkylation sites (N-methyl/N-ethyl adjacent to an activating group) is 1. The number of thioether (sulfide) groups is 1. The fourth-order valence-corrected chi connectivity index (χ4v) is 2.09. The van der Waals surface area contributed by atoms with Crippen LogP contribution in [0.4, 0.5) is 0 Å². The molecule has 3 N–H and O–H groups in total. The highest BCUT2D eigenvalue weighted by Gasteiger charge is 2.17. The lowest BCUT2D eigenvalue weighted by Crippen LogP contribution is -2.41. The van der Waals surface area contributed by atoms with Crippen LogP contribution in [0.25, 0.3) is 0 Å². The first-order chi connectivity index (χ1) is 8.54. The minimum absolute atomic E-state index is 0.0443. The zero-order valence-electron chi connectivity index (χ0n) is 10.8. The van der Waals surface area contributed by atoms with Crippen LogP contribution in [0.5, 0.6) is 5.75 Å². The highest BCUT2D eigenvalue weighted by molar-refractivity contribution is 7.98. The first-order valence-electron chi connectivity index (χ1n) is 5.82. The molecule has 1 aromatic rings. The molecule has 0 radical (unpaired) electrons. The maximum Gasteiger partial charge on any atom is 0.239 e. The normalized spacial score (nSPS) is 12.2. The minimum Gasteiger partial charge on any atom is -0.508 e. The Morgan fingerprint density at radius 2 is 2.06 bits per heavy atom. The van der Waals surface area contributed by atoms with Gasteiger partial charge in [-0.25, -0.2) is 0 Å². The van der Waals surface area contributed by atoms with Crippen molar-refractivity contribution in [2.75, 3.05) is 19.1 Å². The molecule has 18 heavy (non-hydrogen) atoms. The Morgan fingerprint density at radius 1 is 1.44 bits per heavy atom.